The van der Waals surface area contributed by atoms with Crippen molar-refractivity contribution in [3.63, 3.8) is 0 Å². The maximum atomic E-state index is 13.3. The molecule has 1 aliphatic heterocycles. The number of rotatable bonds is 5. The van der Waals surface area contributed by atoms with E-state index >= 15 is 0 Å². The molecule has 1 aromatic heterocycles. The molecule has 30 heavy (non-hydrogen) atoms. The molecule has 2 heterocycles. The van der Waals surface area contributed by atoms with Crippen molar-refractivity contribution in [1.82, 2.24) is 15.0 Å². The van der Waals surface area contributed by atoms with Crippen molar-refractivity contribution < 1.29 is 18.1 Å². The number of piperidine rings is 1. The van der Waals surface area contributed by atoms with Crippen molar-refractivity contribution in [2.45, 2.75) is 18.8 Å². The lowest BCUT2D eigenvalue weighted by Crippen LogP contribution is -2.39. The van der Waals surface area contributed by atoms with Crippen LogP contribution in [0.1, 0.15) is 24.7 Å². The maximum absolute atomic E-state index is 13.3. The number of halogens is 3. The zero-order chi connectivity index (χ0) is 21.1. The van der Waals surface area contributed by atoms with Crippen LogP contribution in [-0.2, 0) is 4.79 Å². The van der Waals surface area contributed by atoms with Crippen LogP contribution in [0.3, 0.4) is 0 Å². The summed E-state index contributed by atoms with van der Waals surface area (Å²) < 4.78 is 31.8. The number of hydrogen-bond acceptors (Lipinski definition) is 5. The van der Waals surface area contributed by atoms with Crippen LogP contribution in [0.25, 0.3) is 11.4 Å². The summed E-state index contributed by atoms with van der Waals surface area (Å²) in [5, 5.41) is 6.68. The molecule has 0 saturated carbocycles. The highest BCUT2D eigenvalue weighted by atomic mass is 35.5. The number of carbonyl (C=O) groups is 1. The lowest BCUT2D eigenvalue weighted by atomic mass is 9.98. The number of anilines is 1. The number of benzene rings is 2. The van der Waals surface area contributed by atoms with E-state index in [4.69, 9.17) is 16.1 Å². The van der Waals surface area contributed by atoms with Crippen molar-refractivity contribution in [2.75, 3.05) is 25.0 Å². The van der Waals surface area contributed by atoms with Gasteiger partial charge in [0.1, 0.15) is 11.6 Å². The molecule has 0 spiro atoms. The highest BCUT2D eigenvalue weighted by molar-refractivity contribution is 6.31. The third kappa shape index (κ3) is 4.83. The van der Waals surface area contributed by atoms with Gasteiger partial charge in [0.15, 0.2) is 0 Å². The molecule has 6 nitrogen and oxygen atoms in total. The van der Waals surface area contributed by atoms with E-state index in [1.54, 1.807) is 12.1 Å². The van der Waals surface area contributed by atoms with Crippen LogP contribution in [0.4, 0.5) is 14.5 Å². The minimum absolute atomic E-state index is 0.00788. The standard InChI is InChI=1S/C21H19ClF2N4O2/c22-17-10-16(7-8-18(17)24)25-19(29)12-28-9-1-2-14(11-28)21-26-20(27-30-21)13-3-5-15(23)6-4-13/h3-8,10,14H,1-2,9,11-12H2,(H,25,29). The monoisotopic (exact) mass is 432 g/mol. The van der Waals surface area contributed by atoms with Gasteiger partial charge in [0.05, 0.1) is 17.5 Å². The molecule has 1 atom stereocenters. The Balaban J connectivity index is 1.36. The Hall–Kier alpha value is -2.84. The number of amides is 1. The van der Waals surface area contributed by atoms with E-state index in [0.717, 1.165) is 19.4 Å². The Labute approximate surface area is 176 Å². The quantitative estimate of drug-likeness (QED) is 0.643. The first kappa shape index (κ1) is 20.4. The zero-order valence-corrected chi connectivity index (χ0v) is 16.7. The van der Waals surface area contributed by atoms with Gasteiger partial charge in [-0.25, -0.2) is 8.78 Å². The van der Waals surface area contributed by atoms with Crippen molar-refractivity contribution >= 4 is 23.2 Å². The number of likely N-dealkylation sites (tertiary alicyclic amines) is 1. The Morgan fingerprint density at radius 2 is 2.03 bits per heavy atom. The maximum Gasteiger partial charge on any atom is 0.238 e. The molecule has 1 aliphatic rings. The van der Waals surface area contributed by atoms with E-state index in [9.17, 15) is 13.6 Å². The predicted molar refractivity (Wildman–Crippen MR) is 108 cm³/mol. The molecular weight excluding hydrogens is 414 g/mol. The summed E-state index contributed by atoms with van der Waals surface area (Å²) in [6, 6.07) is 9.95. The number of hydrogen-bond donors (Lipinski definition) is 1. The summed E-state index contributed by atoms with van der Waals surface area (Å²) in [4.78, 5) is 18.8. The zero-order valence-electron chi connectivity index (χ0n) is 15.9. The summed E-state index contributed by atoms with van der Waals surface area (Å²) in [5.41, 5.74) is 1.12. The molecule has 0 radical (unpaired) electrons. The number of aromatic nitrogens is 2. The third-order valence-electron chi connectivity index (χ3n) is 4.97. The normalized spacial score (nSPS) is 17.1. The van der Waals surface area contributed by atoms with E-state index in [0.29, 0.717) is 29.5 Å². The molecule has 4 rings (SSSR count). The lowest BCUT2D eigenvalue weighted by Gasteiger charge is -2.30. The lowest BCUT2D eigenvalue weighted by molar-refractivity contribution is -0.117. The van der Waals surface area contributed by atoms with E-state index in [2.05, 4.69) is 15.5 Å². The minimum Gasteiger partial charge on any atom is -0.339 e. The predicted octanol–water partition coefficient (Wildman–Crippen LogP) is 4.49. The van der Waals surface area contributed by atoms with Gasteiger partial charge >= 0.3 is 0 Å². The van der Waals surface area contributed by atoms with E-state index in [1.165, 1.54) is 30.3 Å². The van der Waals surface area contributed by atoms with E-state index in [-0.39, 0.29) is 29.2 Å². The Bertz CT molecular complexity index is 1040. The SMILES string of the molecule is O=C(CN1CCCC(c2nc(-c3ccc(F)cc3)no2)C1)Nc1ccc(F)c(Cl)c1. The Morgan fingerprint density at radius 1 is 1.23 bits per heavy atom. The van der Waals surface area contributed by atoms with Gasteiger partial charge in [0.2, 0.25) is 17.6 Å². The van der Waals surface area contributed by atoms with Gasteiger partial charge in [-0.3, -0.25) is 9.69 Å². The van der Waals surface area contributed by atoms with Crippen LogP contribution in [0.15, 0.2) is 47.0 Å². The van der Waals surface area contributed by atoms with Gasteiger partial charge in [-0.1, -0.05) is 16.8 Å². The first-order chi connectivity index (χ1) is 14.5. The fourth-order valence-electron chi connectivity index (χ4n) is 3.50. The Morgan fingerprint density at radius 3 is 2.80 bits per heavy atom. The van der Waals surface area contributed by atoms with Crippen molar-refractivity contribution in [2.24, 2.45) is 0 Å². The first-order valence-electron chi connectivity index (χ1n) is 9.55. The van der Waals surface area contributed by atoms with Crippen LogP contribution < -0.4 is 5.32 Å². The van der Waals surface area contributed by atoms with Crippen molar-refractivity contribution in [3.8, 4) is 11.4 Å². The van der Waals surface area contributed by atoms with Gasteiger partial charge in [-0.2, -0.15) is 4.98 Å². The molecule has 0 aliphatic carbocycles. The minimum atomic E-state index is -0.534. The molecule has 1 saturated heterocycles. The topological polar surface area (TPSA) is 71.3 Å². The van der Waals surface area contributed by atoms with Crippen molar-refractivity contribution in [1.29, 1.82) is 0 Å². The average molecular weight is 433 g/mol. The Kier molecular flexibility index (Phi) is 6.06. The molecule has 9 heteroatoms. The molecule has 1 N–H and O–H groups in total. The summed E-state index contributed by atoms with van der Waals surface area (Å²) >= 11 is 5.75. The molecule has 0 bridgehead atoms. The number of nitrogens with zero attached hydrogens (tertiary/aromatic N) is 3. The van der Waals surface area contributed by atoms with Gasteiger partial charge < -0.3 is 9.84 Å². The number of nitrogens with one attached hydrogen (secondary N) is 1. The highest BCUT2D eigenvalue weighted by Gasteiger charge is 2.27. The molecule has 1 fully saturated rings. The summed E-state index contributed by atoms with van der Waals surface area (Å²) in [7, 11) is 0. The van der Waals surface area contributed by atoms with E-state index in [1.807, 2.05) is 4.90 Å². The van der Waals surface area contributed by atoms with Gasteiger partial charge in [0, 0.05) is 17.8 Å². The summed E-state index contributed by atoms with van der Waals surface area (Å²) in [5.74, 6) is -0.151. The second-order valence-electron chi connectivity index (χ2n) is 7.21. The fraction of sp³-hybridized carbons (Fsp3) is 0.286. The van der Waals surface area contributed by atoms with E-state index < -0.39 is 5.82 Å². The molecule has 3 aromatic rings. The average Bonchev–Trinajstić information content (AvgIpc) is 3.22. The largest absolute Gasteiger partial charge is 0.339 e. The second-order valence-corrected chi connectivity index (χ2v) is 7.62. The molecule has 2 aromatic carbocycles. The van der Waals surface area contributed by atoms with Gasteiger partial charge in [-0.05, 0) is 61.9 Å². The fourth-order valence-corrected chi connectivity index (χ4v) is 3.68. The van der Waals surface area contributed by atoms with Crippen LogP contribution in [0, 0.1) is 11.6 Å². The summed E-state index contributed by atoms with van der Waals surface area (Å²) in [6.07, 6.45) is 1.76. The van der Waals surface area contributed by atoms with Crippen LogP contribution in [0.5, 0.6) is 0 Å². The van der Waals surface area contributed by atoms with Crippen LogP contribution in [-0.4, -0.2) is 40.6 Å². The smallest absolute Gasteiger partial charge is 0.238 e. The molecular formula is C21H19ClF2N4O2. The molecule has 156 valence electrons. The van der Waals surface area contributed by atoms with Crippen molar-refractivity contribution in [3.05, 3.63) is 65.0 Å². The van der Waals surface area contributed by atoms with Gasteiger partial charge in [-0.15, -0.1) is 0 Å². The molecule has 1 amide bonds. The van der Waals surface area contributed by atoms with Crippen LogP contribution >= 0.6 is 11.6 Å². The second kappa shape index (κ2) is 8.89. The van der Waals surface area contributed by atoms with Gasteiger partial charge in [0.25, 0.3) is 0 Å². The molecule has 1 unspecified atom stereocenters. The summed E-state index contributed by atoms with van der Waals surface area (Å²) in [6.45, 7) is 1.56. The number of carbonyl (C=O) groups excluding carboxylic acids is 1. The first-order valence-corrected chi connectivity index (χ1v) is 9.92. The third-order valence-corrected chi connectivity index (χ3v) is 5.26. The van der Waals surface area contributed by atoms with Crippen LogP contribution in [0.2, 0.25) is 5.02 Å². The highest BCUT2D eigenvalue weighted by Crippen LogP contribution is 2.27.